The molecule has 3 aromatic rings. The van der Waals surface area contributed by atoms with Gasteiger partial charge in [0, 0.05) is 11.3 Å². The van der Waals surface area contributed by atoms with Crippen molar-refractivity contribution in [1.82, 2.24) is 0 Å². The first-order valence-corrected chi connectivity index (χ1v) is 10.9. The van der Waals surface area contributed by atoms with Gasteiger partial charge in [0.05, 0.1) is 23.8 Å². The van der Waals surface area contributed by atoms with E-state index in [1.165, 1.54) is 0 Å². The maximum atomic E-state index is 13.2. The topological polar surface area (TPSA) is 66.8 Å². The summed E-state index contributed by atoms with van der Waals surface area (Å²) in [7, 11) is 0. The normalized spacial score (nSPS) is 17.6. The van der Waals surface area contributed by atoms with E-state index >= 15 is 0 Å². The lowest BCUT2D eigenvalue weighted by atomic mass is 9.94. The van der Waals surface area contributed by atoms with Crippen LogP contribution in [-0.2, 0) is 15.8 Å². The summed E-state index contributed by atoms with van der Waals surface area (Å²) in [5.41, 5.74) is 0.774. The zero-order valence-electron chi connectivity index (χ0n) is 19.0. The quantitative estimate of drug-likeness (QED) is 0.274. The molecule has 1 atom stereocenters. The molecule has 0 radical (unpaired) electrons. The Labute approximate surface area is 200 Å². The van der Waals surface area contributed by atoms with Crippen LogP contribution in [0.2, 0.25) is 0 Å². The molecule has 35 heavy (non-hydrogen) atoms. The Morgan fingerprint density at radius 3 is 2.23 bits per heavy atom. The number of ketones is 1. The van der Waals surface area contributed by atoms with Gasteiger partial charge in [0.2, 0.25) is 0 Å². The second kappa shape index (κ2) is 9.29. The molecular formula is C27H22F3NO4. The minimum Gasteiger partial charge on any atom is -0.507 e. The molecule has 3 aromatic carbocycles. The van der Waals surface area contributed by atoms with Gasteiger partial charge in [0.15, 0.2) is 0 Å². The van der Waals surface area contributed by atoms with E-state index in [0.29, 0.717) is 23.5 Å². The molecule has 0 spiro atoms. The van der Waals surface area contributed by atoms with E-state index in [4.69, 9.17) is 4.74 Å². The summed E-state index contributed by atoms with van der Waals surface area (Å²) >= 11 is 0. The number of halogens is 3. The van der Waals surface area contributed by atoms with Crippen LogP contribution in [0.5, 0.6) is 5.75 Å². The van der Waals surface area contributed by atoms with Crippen LogP contribution < -0.4 is 9.64 Å². The molecule has 8 heteroatoms. The first-order chi connectivity index (χ1) is 16.6. The lowest BCUT2D eigenvalue weighted by molar-refractivity contribution is -0.137. The van der Waals surface area contributed by atoms with Gasteiger partial charge < -0.3 is 9.84 Å². The highest BCUT2D eigenvalue weighted by Crippen LogP contribution is 2.43. The third kappa shape index (κ3) is 4.64. The number of nitrogens with zero attached hydrogens (tertiary/aromatic N) is 1. The van der Waals surface area contributed by atoms with E-state index in [1.807, 2.05) is 19.9 Å². The Hall–Kier alpha value is -4.07. The minimum atomic E-state index is -4.55. The first kappa shape index (κ1) is 24.1. The van der Waals surface area contributed by atoms with E-state index in [9.17, 15) is 27.9 Å². The van der Waals surface area contributed by atoms with E-state index in [2.05, 4.69) is 0 Å². The third-order valence-corrected chi connectivity index (χ3v) is 5.71. The lowest BCUT2D eigenvalue weighted by Gasteiger charge is -2.26. The second-order valence-electron chi connectivity index (χ2n) is 8.09. The fourth-order valence-corrected chi connectivity index (χ4v) is 4.10. The fourth-order valence-electron chi connectivity index (χ4n) is 4.10. The molecule has 180 valence electrons. The number of aliphatic hydroxyl groups is 1. The number of hydrogen-bond donors (Lipinski definition) is 1. The summed E-state index contributed by atoms with van der Waals surface area (Å²) in [6, 6.07) is 16.4. The highest BCUT2D eigenvalue weighted by atomic mass is 19.4. The van der Waals surface area contributed by atoms with Crippen molar-refractivity contribution < 1.29 is 32.6 Å². The number of ether oxygens (including phenoxy) is 1. The fraction of sp³-hybridized carbons (Fsp3) is 0.185. The number of anilines is 1. The lowest BCUT2D eigenvalue weighted by Crippen LogP contribution is -2.29. The van der Waals surface area contributed by atoms with Crippen molar-refractivity contribution in [1.29, 1.82) is 0 Å². The molecule has 0 bridgehead atoms. The van der Waals surface area contributed by atoms with Gasteiger partial charge in [-0.1, -0.05) is 29.8 Å². The molecule has 1 N–H and O–H groups in total. The maximum absolute atomic E-state index is 13.2. The molecule has 1 saturated heterocycles. The number of amides is 1. The van der Waals surface area contributed by atoms with Gasteiger partial charge in [-0.15, -0.1) is 0 Å². The summed E-state index contributed by atoms with van der Waals surface area (Å²) in [6.45, 7) is 4.12. The monoisotopic (exact) mass is 481 g/mol. The van der Waals surface area contributed by atoms with E-state index in [-0.39, 0.29) is 17.0 Å². The number of rotatable bonds is 5. The number of carbonyl (C=O) groups excluding carboxylic acids is 2. The Bertz CT molecular complexity index is 1300. The summed E-state index contributed by atoms with van der Waals surface area (Å²) < 4.78 is 44.6. The summed E-state index contributed by atoms with van der Waals surface area (Å²) in [5.74, 6) is -1.68. The van der Waals surface area contributed by atoms with Gasteiger partial charge in [0.25, 0.3) is 11.7 Å². The SMILES string of the molecule is CCOc1ccc(/C(O)=C2\C(=O)C(=O)N(c3ccc(C(F)(F)F)cc3)C2c2cccc(C)c2)cc1. The van der Waals surface area contributed by atoms with Crippen LogP contribution in [0.4, 0.5) is 18.9 Å². The first-order valence-electron chi connectivity index (χ1n) is 10.9. The molecule has 0 aromatic heterocycles. The van der Waals surface area contributed by atoms with Gasteiger partial charge in [-0.2, -0.15) is 13.2 Å². The molecule has 1 unspecified atom stereocenters. The minimum absolute atomic E-state index is 0.109. The van der Waals surface area contributed by atoms with Crippen LogP contribution in [0.15, 0.2) is 78.4 Å². The predicted molar refractivity (Wildman–Crippen MR) is 125 cm³/mol. The highest BCUT2D eigenvalue weighted by Gasteiger charge is 2.47. The largest absolute Gasteiger partial charge is 0.507 e. The molecule has 1 aliphatic heterocycles. The number of aliphatic hydroxyl groups excluding tert-OH is 1. The van der Waals surface area contributed by atoms with Crippen LogP contribution in [-0.4, -0.2) is 23.4 Å². The van der Waals surface area contributed by atoms with Gasteiger partial charge in [0.1, 0.15) is 11.5 Å². The number of carbonyl (C=O) groups is 2. The van der Waals surface area contributed by atoms with Gasteiger partial charge >= 0.3 is 6.18 Å². The molecule has 1 heterocycles. The third-order valence-electron chi connectivity index (χ3n) is 5.71. The molecule has 1 aliphatic rings. The number of Topliss-reactive ketones (excluding diaryl/α,β-unsaturated/α-hetero) is 1. The Morgan fingerprint density at radius 1 is 1.00 bits per heavy atom. The van der Waals surface area contributed by atoms with Crippen LogP contribution in [0.25, 0.3) is 5.76 Å². The van der Waals surface area contributed by atoms with Crippen LogP contribution >= 0.6 is 0 Å². The molecular weight excluding hydrogens is 459 g/mol. The van der Waals surface area contributed by atoms with Crippen molar-refractivity contribution in [2.24, 2.45) is 0 Å². The maximum Gasteiger partial charge on any atom is 0.416 e. The average molecular weight is 481 g/mol. The molecule has 0 saturated carbocycles. The van der Waals surface area contributed by atoms with Crippen molar-refractivity contribution in [2.45, 2.75) is 26.1 Å². The smallest absolute Gasteiger partial charge is 0.416 e. The van der Waals surface area contributed by atoms with Crippen LogP contribution in [0.3, 0.4) is 0 Å². The van der Waals surface area contributed by atoms with Gasteiger partial charge in [-0.25, -0.2) is 0 Å². The zero-order valence-corrected chi connectivity index (χ0v) is 19.0. The van der Waals surface area contributed by atoms with Crippen LogP contribution in [0, 0.1) is 6.92 Å². The number of benzene rings is 3. The van der Waals surface area contributed by atoms with Crippen molar-refractivity contribution in [3.05, 3.63) is 101 Å². The van der Waals surface area contributed by atoms with E-state index < -0.39 is 29.5 Å². The molecule has 1 fully saturated rings. The second-order valence-corrected chi connectivity index (χ2v) is 8.09. The van der Waals surface area contributed by atoms with E-state index in [1.54, 1.807) is 42.5 Å². The number of aryl methyl sites for hydroxylation is 1. The molecule has 1 amide bonds. The van der Waals surface area contributed by atoms with Crippen molar-refractivity contribution in [3.8, 4) is 5.75 Å². The predicted octanol–water partition coefficient (Wildman–Crippen LogP) is 6.04. The van der Waals surface area contributed by atoms with E-state index in [0.717, 1.165) is 34.7 Å². The van der Waals surface area contributed by atoms with Crippen LogP contribution in [0.1, 0.15) is 35.2 Å². The molecule has 0 aliphatic carbocycles. The standard InChI is InChI=1S/C27H22F3NO4/c1-3-35-21-13-7-17(8-14-21)24(32)22-23(18-6-4-5-16(2)15-18)31(26(34)25(22)33)20-11-9-19(10-12-20)27(28,29)30/h4-15,23,32H,3H2,1-2H3/b24-22+. The van der Waals surface area contributed by atoms with Crippen molar-refractivity contribution >= 4 is 23.1 Å². The Morgan fingerprint density at radius 2 is 1.66 bits per heavy atom. The Balaban J connectivity index is 1.87. The summed E-state index contributed by atoms with van der Waals surface area (Å²) in [4.78, 5) is 27.4. The highest BCUT2D eigenvalue weighted by molar-refractivity contribution is 6.51. The summed E-state index contributed by atoms with van der Waals surface area (Å²) in [5, 5.41) is 11.1. The molecule has 4 rings (SSSR count). The van der Waals surface area contributed by atoms with Crippen molar-refractivity contribution in [2.75, 3.05) is 11.5 Å². The van der Waals surface area contributed by atoms with Crippen molar-refractivity contribution in [3.63, 3.8) is 0 Å². The zero-order chi connectivity index (χ0) is 25.3. The average Bonchev–Trinajstić information content (AvgIpc) is 3.09. The van der Waals surface area contributed by atoms with Gasteiger partial charge in [-0.3, -0.25) is 14.5 Å². The summed E-state index contributed by atoms with van der Waals surface area (Å²) in [6.07, 6.45) is -4.55. The number of hydrogen-bond acceptors (Lipinski definition) is 4. The number of alkyl halides is 3. The Kier molecular flexibility index (Phi) is 6.39. The molecule has 5 nitrogen and oxygen atoms in total. The van der Waals surface area contributed by atoms with Gasteiger partial charge in [-0.05, 0) is 67.9 Å².